The normalized spacial score (nSPS) is 10.3. The fourth-order valence-corrected chi connectivity index (χ4v) is 1.57. The van der Waals surface area contributed by atoms with Gasteiger partial charge in [0.1, 0.15) is 11.6 Å². The molecule has 0 aliphatic rings. The molecule has 0 aliphatic heterocycles. The fraction of sp³-hybridized carbons (Fsp3) is 0.0714. The lowest BCUT2D eigenvalue weighted by atomic mass is 10.3. The Bertz CT molecular complexity index is 676. The van der Waals surface area contributed by atoms with E-state index in [0.717, 1.165) is 24.3 Å². The van der Waals surface area contributed by atoms with Gasteiger partial charge in [-0.15, -0.1) is 0 Å². The number of hydrogen-bond donors (Lipinski definition) is 2. The maximum Gasteiger partial charge on any atom is 0.243 e. The van der Waals surface area contributed by atoms with E-state index in [1.807, 2.05) is 0 Å². The molecule has 21 heavy (non-hydrogen) atoms. The van der Waals surface area contributed by atoms with Gasteiger partial charge in [-0.3, -0.25) is 4.79 Å². The zero-order chi connectivity index (χ0) is 15.4. The third-order valence-corrected chi connectivity index (χ3v) is 2.58. The minimum atomic E-state index is -1.05. The molecule has 0 fully saturated rings. The van der Waals surface area contributed by atoms with E-state index in [0.29, 0.717) is 6.07 Å². The predicted molar refractivity (Wildman–Crippen MR) is 69.8 cm³/mol. The highest BCUT2D eigenvalue weighted by Gasteiger charge is 2.08. The summed E-state index contributed by atoms with van der Waals surface area (Å²) in [5, 5.41) is 4.77. The number of amides is 1. The van der Waals surface area contributed by atoms with Crippen LogP contribution in [0.5, 0.6) is 0 Å². The topological polar surface area (TPSA) is 41.1 Å². The van der Waals surface area contributed by atoms with Crippen molar-refractivity contribution in [1.82, 2.24) is 0 Å². The van der Waals surface area contributed by atoms with Gasteiger partial charge in [0.25, 0.3) is 0 Å². The molecule has 7 heteroatoms. The minimum Gasteiger partial charge on any atom is -0.376 e. The molecule has 2 N–H and O–H groups in total. The van der Waals surface area contributed by atoms with Gasteiger partial charge in [0.2, 0.25) is 5.91 Å². The Kier molecular flexibility index (Phi) is 4.42. The van der Waals surface area contributed by atoms with E-state index >= 15 is 0 Å². The second-order valence-electron chi connectivity index (χ2n) is 4.15. The molecule has 1 amide bonds. The molecule has 0 spiro atoms. The van der Waals surface area contributed by atoms with E-state index in [2.05, 4.69) is 10.6 Å². The van der Waals surface area contributed by atoms with Gasteiger partial charge in [-0.25, -0.2) is 17.6 Å². The summed E-state index contributed by atoms with van der Waals surface area (Å²) >= 11 is 0. The number of hydrogen-bond acceptors (Lipinski definition) is 2. The number of rotatable bonds is 4. The highest BCUT2D eigenvalue weighted by molar-refractivity contribution is 5.93. The van der Waals surface area contributed by atoms with E-state index in [9.17, 15) is 22.4 Å². The lowest BCUT2D eigenvalue weighted by Crippen LogP contribution is -2.22. The summed E-state index contributed by atoms with van der Waals surface area (Å²) in [4.78, 5) is 11.6. The summed E-state index contributed by atoms with van der Waals surface area (Å²) in [6, 6.07) is 5.78. The number of anilines is 2. The van der Waals surface area contributed by atoms with Gasteiger partial charge in [0, 0.05) is 17.8 Å². The molecule has 0 saturated carbocycles. The van der Waals surface area contributed by atoms with Crippen LogP contribution < -0.4 is 10.6 Å². The van der Waals surface area contributed by atoms with Crippen molar-refractivity contribution in [3.05, 3.63) is 59.7 Å². The lowest BCUT2D eigenvalue weighted by molar-refractivity contribution is -0.114. The molecule has 110 valence electrons. The van der Waals surface area contributed by atoms with Crippen LogP contribution in [0.3, 0.4) is 0 Å². The molecule has 0 aliphatic carbocycles. The first kappa shape index (κ1) is 14.8. The van der Waals surface area contributed by atoms with Crippen LogP contribution in [0.2, 0.25) is 0 Å². The van der Waals surface area contributed by atoms with Crippen molar-refractivity contribution in [2.45, 2.75) is 0 Å². The van der Waals surface area contributed by atoms with Crippen molar-refractivity contribution >= 4 is 17.3 Å². The van der Waals surface area contributed by atoms with Crippen LogP contribution in [0.1, 0.15) is 0 Å². The van der Waals surface area contributed by atoms with E-state index in [1.165, 1.54) is 6.07 Å². The van der Waals surface area contributed by atoms with Crippen LogP contribution in [0.15, 0.2) is 36.4 Å². The third kappa shape index (κ3) is 3.95. The molecule has 2 aromatic carbocycles. The average Bonchev–Trinajstić information content (AvgIpc) is 2.43. The highest BCUT2D eigenvalue weighted by Crippen LogP contribution is 2.15. The standard InChI is InChI=1S/C14H10F4N2O/c15-8-1-4-13(12(18)5-8)20-14(21)7-19-9-2-3-10(16)11(17)6-9/h1-6,19H,7H2,(H,20,21). The first-order chi connectivity index (χ1) is 9.95. The predicted octanol–water partition coefficient (Wildman–Crippen LogP) is 3.29. The Morgan fingerprint density at radius 3 is 2.33 bits per heavy atom. The second-order valence-corrected chi connectivity index (χ2v) is 4.15. The van der Waals surface area contributed by atoms with Crippen LogP contribution in [0.4, 0.5) is 28.9 Å². The van der Waals surface area contributed by atoms with Crippen molar-refractivity contribution in [2.75, 3.05) is 17.2 Å². The molecule has 0 heterocycles. The van der Waals surface area contributed by atoms with Crippen LogP contribution in [0.25, 0.3) is 0 Å². The van der Waals surface area contributed by atoms with E-state index < -0.39 is 29.2 Å². The quantitative estimate of drug-likeness (QED) is 0.850. The maximum atomic E-state index is 13.3. The maximum absolute atomic E-state index is 13.3. The van der Waals surface area contributed by atoms with E-state index in [4.69, 9.17) is 0 Å². The molecule has 2 aromatic rings. The number of nitrogens with one attached hydrogen (secondary N) is 2. The molecule has 0 atom stereocenters. The summed E-state index contributed by atoms with van der Waals surface area (Å²) in [6.45, 7) is -0.290. The summed E-state index contributed by atoms with van der Waals surface area (Å²) in [6.07, 6.45) is 0. The van der Waals surface area contributed by atoms with Gasteiger partial charge in [-0.2, -0.15) is 0 Å². The molecule has 0 aromatic heterocycles. The lowest BCUT2D eigenvalue weighted by Gasteiger charge is -2.08. The van der Waals surface area contributed by atoms with Crippen LogP contribution in [-0.2, 0) is 4.79 Å². The number of carbonyl (C=O) groups excluding carboxylic acids is 1. The van der Waals surface area contributed by atoms with Crippen LogP contribution >= 0.6 is 0 Å². The summed E-state index contributed by atoms with van der Waals surface area (Å²) in [5.41, 5.74) is 0.0251. The van der Waals surface area contributed by atoms with E-state index in [1.54, 1.807) is 0 Å². The molecule has 0 radical (unpaired) electrons. The van der Waals surface area contributed by atoms with Gasteiger partial charge in [0.15, 0.2) is 11.6 Å². The largest absolute Gasteiger partial charge is 0.376 e. The van der Waals surface area contributed by atoms with Gasteiger partial charge in [0.05, 0.1) is 12.2 Å². The molecule has 3 nitrogen and oxygen atoms in total. The highest BCUT2D eigenvalue weighted by atomic mass is 19.2. The number of halogens is 4. The van der Waals surface area contributed by atoms with Crippen LogP contribution in [-0.4, -0.2) is 12.5 Å². The third-order valence-electron chi connectivity index (χ3n) is 2.58. The van der Waals surface area contributed by atoms with Crippen molar-refractivity contribution in [3.8, 4) is 0 Å². The smallest absolute Gasteiger partial charge is 0.243 e. The Morgan fingerprint density at radius 1 is 0.905 bits per heavy atom. The van der Waals surface area contributed by atoms with Crippen molar-refractivity contribution in [2.24, 2.45) is 0 Å². The molecule has 0 bridgehead atoms. The Labute approximate surface area is 117 Å². The van der Waals surface area contributed by atoms with Gasteiger partial charge >= 0.3 is 0 Å². The number of benzene rings is 2. The zero-order valence-corrected chi connectivity index (χ0v) is 10.6. The number of carbonyl (C=O) groups is 1. The fourth-order valence-electron chi connectivity index (χ4n) is 1.57. The van der Waals surface area contributed by atoms with Crippen molar-refractivity contribution < 1.29 is 22.4 Å². The summed E-state index contributed by atoms with van der Waals surface area (Å²) in [7, 11) is 0. The van der Waals surface area contributed by atoms with Crippen molar-refractivity contribution in [1.29, 1.82) is 0 Å². The van der Waals surface area contributed by atoms with Gasteiger partial charge < -0.3 is 10.6 Å². The molecular weight excluding hydrogens is 288 g/mol. The summed E-state index contributed by atoms with van der Waals surface area (Å²) < 4.78 is 51.6. The van der Waals surface area contributed by atoms with Gasteiger partial charge in [-0.05, 0) is 24.3 Å². The van der Waals surface area contributed by atoms with E-state index in [-0.39, 0.29) is 17.9 Å². The Hall–Kier alpha value is -2.57. The Morgan fingerprint density at radius 2 is 1.67 bits per heavy atom. The molecular formula is C14H10F4N2O. The second kappa shape index (κ2) is 6.25. The van der Waals surface area contributed by atoms with Gasteiger partial charge in [-0.1, -0.05) is 0 Å². The first-order valence-electron chi connectivity index (χ1n) is 5.89. The Balaban J connectivity index is 1.94. The SMILES string of the molecule is O=C(CNc1ccc(F)c(F)c1)Nc1ccc(F)cc1F. The zero-order valence-electron chi connectivity index (χ0n) is 10.6. The minimum absolute atomic E-state index is 0.173. The van der Waals surface area contributed by atoms with Crippen LogP contribution in [0, 0.1) is 23.3 Å². The summed E-state index contributed by atoms with van der Waals surface area (Å²) in [5.74, 6) is -4.34. The molecule has 0 unspecified atom stereocenters. The molecule has 2 rings (SSSR count). The first-order valence-corrected chi connectivity index (χ1v) is 5.89. The molecule has 0 saturated heterocycles. The average molecular weight is 298 g/mol. The van der Waals surface area contributed by atoms with Crippen molar-refractivity contribution in [3.63, 3.8) is 0 Å². The monoisotopic (exact) mass is 298 g/mol.